The molecule has 0 unspecified atom stereocenters. The molecule has 6 N–H and O–H groups in total. The van der Waals surface area contributed by atoms with Gasteiger partial charge in [-0.25, -0.2) is 0 Å². The van der Waals surface area contributed by atoms with Gasteiger partial charge in [-0.1, -0.05) is 60.7 Å². The van der Waals surface area contributed by atoms with Crippen molar-refractivity contribution >= 4 is 28.5 Å². The largest absolute Gasteiger partial charge is 0.368 e. The molecule has 0 saturated heterocycles. The standard InChI is InChI=1S/C25H28N4O3/c26-14-6-11-21(25(32)29-22(23(27)30)15-17-7-2-1-3-8-17)28-24(31)20-13-12-18-9-4-5-10-19(18)16-20/h1-5,7-10,12-13,16,21-22H,6,11,14-15,26H2,(H2,27,30)(H,28,31)(H,29,32)/t21-,22-/m0/s1. The Labute approximate surface area is 187 Å². The number of carbonyl (C=O) groups excluding carboxylic acids is 3. The molecule has 0 spiro atoms. The predicted molar refractivity (Wildman–Crippen MR) is 125 cm³/mol. The third-order valence-corrected chi connectivity index (χ3v) is 5.27. The van der Waals surface area contributed by atoms with Crippen LogP contribution in [0.5, 0.6) is 0 Å². The fraction of sp³-hybridized carbons (Fsp3) is 0.240. The van der Waals surface area contributed by atoms with Gasteiger partial charge in [-0.15, -0.1) is 0 Å². The van der Waals surface area contributed by atoms with Gasteiger partial charge in [0.25, 0.3) is 5.91 Å². The van der Waals surface area contributed by atoms with E-state index in [1.807, 2.05) is 60.7 Å². The molecule has 166 valence electrons. The van der Waals surface area contributed by atoms with Gasteiger partial charge in [-0.05, 0) is 47.9 Å². The van der Waals surface area contributed by atoms with Crippen molar-refractivity contribution in [1.82, 2.24) is 10.6 Å². The molecule has 2 atom stereocenters. The van der Waals surface area contributed by atoms with Crippen molar-refractivity contribution < 1.29 is 14.4 Å². The van der Waals surface area contributed by atoms with Crippen molar-refractivity contribution in [2.24, 2.45) is 11.5 Å². The fourth-order valence-corrected chi connectivity index (χ4v) is 3.51. The molecule has 0 aliphatic heterocycles. The summed E-state index contributed by atoms with van der Waals surface area (Å²) in [6.07, 6.45) is 1.15. The smallest absolute Gasteiger partial charge is 0.251 e. The number of nitrogens with one attached hydrogen (secondary N) is 2. The highest BCUT2D eigenvalue weighted by Gasteiger charge is 2.26. The lowest BCUT2D eigenvalue weighted by Crippen LogP contribution is -2.53. The van der Waals surface area contributed by atoms with Gasteiger partial charge in [-0.2, -0.15) is 0 Å². The molecular weight excluding hydrogens is 404 g/mol. The van der Waals surface area contributed by atoms with Crippen LogP contribution >= 0.6 is 0 Å². The monoisotopic (exact) mass is 432 g/mol. The lowest BCUT2D eigenvalue weighted by Gasteiger charge is -2.22. The maximum absolute atomic E-state index is 13.0. The van der Waals surface area contributed by atoms with Crippen molar-refractivity contribution in [2.75, 3.05) is 6.54 Å². The van der Waals surface area contributed by atoms with E-state index in [4.69, 9.17) is 11.5 Å². The molecule has 0 heterocycles. The van der Waals surface area contributed by atoms with Crippen molar-refractivity contribution in [3.63, 3.8) is 0 Å². The van der Waals surface area contributed by atoms with E-state index in [0.717, 1.165) is 16.3 Å². The van der Waals surface area contributed by atoms with E-state index in [9.17, 15) is 14.4 Å². The summed E-state index contributed by atoms with van der Waals surface area (Å²) in [6, 6.07) is 20.6. The van der Waals surface area contributed by atoms with Gasteiger partial charge in [0.1, 0.15) is 12.1 Å². The molecule has 7 heteroatoms. The maximum atomic E-state index is 13.0. The van der Waals surface area contributed by atoms with E-state index in [2.05, 4.69) is 10.6 Å². The molecule has 0 radical (unpaired) electrons. The molecule has 32 heavy (non-hydrogen) atoms. The summed E-state index contributed by atoms with van der Waals surface area (Å²) in [5, 5.41) is 7.42. The molecule has 0 aliphatic carbocycles. The van der Waals surface area contributed by atoms with Crippen molar-refractivity contribution in [1.29, 1.82) is 0 Å². The summed E-state index contributed by atoms with van der Waals surface area (Å²) >= 11 is 0. The number of fused-ring (bicyclic) bond motifs is 1. The van der Waals surface area contributed by atoms with E-state index >= 15 is 0 Å². The highest BCUT2D eigenvalue weighted by molar-refractivity contribution is 6.01. The molecule has 3 aromatic carbocycles. The zero-order valence-corrected chi connectivity index (χ0v) is 17.8. The number of rotatable bonds is 10. The summed E-state index contributed by atoms with van der Waals surface area (Å²) in [6.45, 7) is 0.374. The van der Waals surface area contributed by atoms with Crippen LogP contribution in [0.4, 0.5) is 0 Å². The van der Waals surface area contributed by atoms with Crippen LogP contribution in [0.25, 0.3) is 10.8 Å². The van der Waals surface area contributed by atoms with E-state index < -0.39 is 23.9 Å². The number of hydrogen-bond acceptors (Lipinski definition) is 4. The van der Waals surface area contributed by atoms with E-state index in [0.29, 0.717) is 24.9 Å². The summed E-state index contributed by atoms with van der Waals surface area (Å²) in [4.78, 5) is 37.8. The molecule has 0 aromatic heterocycles. The Bertz CT molecular complexity index is 1080. The molecule has 7 nitrogen and oxygen atoms in total. The Kier molecular flexibility index (Phi) is 7.94. The van der Waals surface area contributed by atoms with E-state index in [1.54, 1.807) is 12.1 Å². The van der Waals surface area contributed by atoms with Crippen LogP contribution in [0.15, 0.2) is 72.8 Å². The van der Waals surface area contributed by atoms with E-state index in [-0.39, 0.29) is 12.3 Å². The fourth-order valence-electron chi connectivity index (χ4n) is 3.51. The molecule has 3 aromatic rings. The predicted octanol–water partition coefficient (Wildman–Crippen LogP) is 1.89. The van der Waals surface area contributed by atoms with Gasteiger partial charge in [0.15, 0.2) is 0 Å². The minimum atomic E-state index is -0.886. The van der Waals surface area contributed by atoms with Gasteiger partial charge < -0.3 is 22.1 Å². The quantitative estimate of drug-likeness (QED) is 0.390. The van der Waals surface area contributed by atoms with Gasteiger partial charge in [0.05, 0.1) is 0 Å². The molecule has 0 fully saturated rings. The number of primary amides is 1. The second-order valence-corrected chi connectivity index (χ2v) is 7.67. The zero-order valence-electron chi connectivity index (χ0n) is 17.8. The van der Waals surface area contributed by atoms with Gasteiger partial charge in [0, 0.05) is 12.0 Å². The van der Waals surface area contributed by atoms with Gasteiger partial charge >= 0.3 is 0 Å². The Morgan fingerprint density at radius 3 is 2.19 bits per heavy atom. The first-order valence-electron chi connectivity index (χ1n) is 10.6. The van der Waals surface area contributed by atoms with Crippen LogP contribution in [0.3, 0.4) is 0 Å². The lowest BCUT2D eigenvalue weighted by atomic mass is 10.0. The number of nitrogens with two attached hydrogens (primary N) is 2. The Morgan fingerprint density at radius 1 is 0.812 bits per heavy atom. The molecule has 0 saturated carbocycles. The van der Waals surface area contributed by atoms with Crippen LogP contribution in [0.2, 0.25) is 0 Å². The number of hydrogen-bond donors (Lipinski definition) is 4. The third-order valence-electron chi connectivity index (χ3n) is 5.27. The average molecular weight is 433 g/mol. The first-order chi connectivity index (χ1) is 15.5. The summed E-state index contributed by atoms with van der Waals surface area (Å²) in [7, 11) is 0. The van der Waals surface area contributed by atoms with Crippen LogP contribution < -0.4 is 22.1 Å². The maximum Gasteiger partial charge on any atom is 0.251 e. The zero-order chi connectivity index (χ0) is 22.9. The summed E-state index contributed by atoms with van der Waals surface area (Å²) in [5.41, 5.74) is 12.5. The third kappa shape index (κ3) is 6.15. The minimum absolute atomic E-state index is 0.268. The number of amides is 3. The van der Waals surface area contributed by atoms with Crippen molar-refractivity contribution in [2.45, 2.75) is 31.3 Å². The van der Waals surface area contributed by atoms with Crippen molar-refractivity contribution in [3.05, 3.63) is 83.9 Å². The summed E-state index contributed by atoms with van der Waals surface area (Å²) < 4.78 is 0. The van der Waals surface area contributed by atoms with Crippen molar-refractivity contribution in [3.8, 4) is 0 Å². The summed E-state index contributed by atoms with van der Waals surface area (Å²) in [5.74, 6) is -1.47. The number of benzene rings is 3. The minimum Gasteiger partial charge on any atom is -0.368 e. The topological polar surface area (TPSA) is 127 Å². The van der Waals surface area contributed by atoms with Gasteiger partial charge in [0.2, 0.25) is 11.8 Å². The Hall–Kier alpha value is -3.71. The van der Waals surface area contributed by atoms with Gasteiger partial charge in [-0.3, -0.25) is 14.4 Å². The second kappa shape index (κ2) is 11.1. The first kappa shape index (κ1) is 23.0. The highest BCUT2D eigenvalue weighted by Crippen LogP contribution is 2.16. The Balaban J connectivity index is 1.72. The molecule has 0 bridgehead atoms. The first-order valence-corrected chi connectivity index (χ1v) is 10.6. The Morgan fingerprint density at radius 2 is 1.50 bits per heavy atom. The highest BCUT2D eigenvalue weighted by atomic mass is 16.2. The molecule has 3 rings (SSSR count). The van der Waals surface area contributed by atoms with Crippen LogP contribution in [-0.2, 0) is 16.0 Å². The van der Waals surface area contributed by atoms with Crippen LogP contribution in [-0.4, -0.2) is 36.3 Å². The van der Waals surface area contributed by atoms with E-state index in [1.165, 1.54) is 0 Å². The lowest BCUT2D eigenvalue weighted by molar-refractivity contribution is -0.128. The number of carbonyl (C=O) groups is 3. The SMILES string of the molecule is NCCC[C@H](NC(=O)c1ccc2ccccc2c1)C(=O)N[C@@H](Cc1ccccc1)C(N)=O. The molecular formula is C25H28N4O3. The normalized spacial score (nSPS) is 12.7. The average Bonchev–Trinajstić information content (AvgIpc) is 2.81. The van der Waals surface area contributed by atoms with Crippen LogP contribution in [0, 0.1) is 0 Å². The van der Waals surface area contributed by atoms with Crippen LogP contribution in [0.1, 0.15) is 28.8 Å². The second-order valence-electron chi connectivity index (χ2n) is 7.67. The molecule has 0 aliphatic rings. The molecule has 3 amide bonds.